The summed E-state index contributed by atoms with van der Waals surface area (Å²) < 4.78 is 0. The fourth-order valence-corrected chi connectivity index (χ4v) is 0.640. The molecular weight excluding hydrogens is 156 g/mol. The van der Waals surface area contributed by atoms with Crippen molar-refractivity contribution in [2.75, 3.05) is 0 Å². The molecule has 3 nitrogen and oxygen atoms in total. The molecule has 0 fully saturated rings. The fraction of sp³-hybridized carbons (Fsp3) is 0.500. The highest BCUT2D eigenvalue weighted by atomic mass is 35.5. The number of carbonyl (C=O) groups is 1. The van der Waals surface area contributed by atoms with Crippen LogP contribution in [0.25, 0.3) is 0 Å². The van der Waals surface area contributed by atoms with Crippen molar-refractivity contribution in [3.05, 3.63) is 11.8 Å². The first-order chi connectivity index (χ1) is 4.63. The van der Waals surface area contributed by atoms with Gasteiger partial charge in [-0.2, -0.15) is 0 Å². The second-order valence-electron chi connectivity index (χ2n) is 1.77. The Morgan fingerprint density at radius 3 is 2.40 bits per heavy atom. The van der Waals surface area contributed by atoms with E-state index in [1.807, 2.05) is 0 Å². The Kier molecular flexibility index (Phi) is 3.88. The van der Waals surface area contributed by atoms with Crippen LogP contribution in [0.5, 0.6) is 0 Å². The molecule has 4 heteroatoms. The van der Waals surface area contributed by atoms with Gasteiger partial charge in [-0.1, -0.05) is 6.92 Å². The number of halogens is 1. The molecule has 1 unspecified atom stereocenters. The summed E-state index contributed by atoms with van der Waals surface area (Å²) in [6.07, 6.45) is 1.02. The number of carboxylic acid groups (broad SMARTS) is 1. The zero-order chi connectivity index (χ0) is 8.15. The molecule has 0 rings (SSSR count). The Bertz CT molecular complexity index is 153. The number of aliphatic hydroxyl groups excluding tert-OH is 1. The van der Waals surface area contributed by atoms with Crippen LogP contribution < -0.4 is 0 Å². The molecule has 1 atom stereocenters. The van der Waals surface area contributed by atoms with Crippen LogP contribution >= 0.6 is 11.6 Å². The molecular formula is C6H9ClO3. The van der Waals surface area contributed by atoms with Gasteiger partial charge in [0.2, 0.25) is 0 Å². The lowest BCUT2D eigenvalue weighted by Gasteiger charge is -2.03. The lowest BCUT2D eigenvalue weighted by atomic mass is 10.2. The maximum atomic E-state index is 10.2. The highest BCUT2D eigenvalue weighted by Gasteiger charge is 2.15. The Morgan fingerprint density at radius 1 is 1.80 bits per heavy atom. The zero-order valence-corrected chi connectivity index (χ0v) is 6.30. The van der Waals surface area contributed by atoms with Crippen LogP contribution in [0.3, 0.4) is 0 Å². The second-order valence-corrected chi connectivity index (χ2v) is 2.29. The molecule has 0 aromatic rings. The smallest absolute Gasteiger partial charge is 0.336 e. The van der Waals surface area contributed by atoms with Gasteiger partial charge in [0.05, 0.1) is 17.2 Å². The fourth-order valence-electron chi connectivity index (χ4n) is 0.490. The van der Waals surface area contributed by atoms with Crippen LogP contribution in [0.1, 0.15) is 13.3 Å². The van der Waals surface area contributed by atoms with E-state index in [0.717, 1.165) is 0 Å². The molecule has 0 aliphatic rings. The monoisotopic (exact) mass is 164 g/mol. The number of alkyl halides is 1. The van der Waals surface area contributed by atoms with Crippen molar-refractivity contribution >= 4 is 17.6 Å². The maximum absolute atomic E-state index is 10.2. The minimum Gasteiger partial charge on any atom is -0.515 e. The van der Waals surface area contributed by atoms with E-state index in [4.69, 9.17) is 21.8 Å². The van der Waals surface area contributed by atoms with Gasteiger partial charge in [0.15, 0.2) is 0 Å². The molecule has 2 N–H and O–H groups in total. The van der Waals surface area contributed by atoms with Gasteiger partial charge in [0.1, 0.15) is 0 Å². The summed E-state index contributed by atoms with van der Waals surface area (Å²) in [4.78, 5) is 10.2. The van der Waals surface area contributed by atoms with Crippen LogP contribution in [-0.2, 0) is 4.79 Å². The molecule has 0 bridgehead atoms. The van der Waals surface area contributed by atoms with Gasteiger partial charge in [-0.15, -0.1) is 11.6 Å². The minimum absolute atomic E-state index is 0.163. The van der Waals surface area contributed by atoms with Crippen LogP contribution in [0.15, 0.2) is 11.8 Å². The Labute approximate surface area is 63.9 Å². The third-order valence-electron chi connectivity index (χ3n) is 1.08. The van der Waals surface area contributed by atoms with Crippen molar-refractivity contribution < 1.29 is 15.0 Å². The van der Waals surface area contributed by atoms with Crippen molar-refractivity contribution in [1.82, 2.24) is 0 Å². The molecule has 0 saturated heterocycles. The highest BCUT2D eigenvalue weighted by Crippen LogP contribution is 2.12. The van der Waals surface area contributed by atoms with Crippen LogP contribution in [0, 0.1) is 0 Å². The molecule has 0 aromatic heterocycles. The van der Waals surface area contributed by atoms with E-state index in [1.165, 1.54) is 0 Å². The number of hydrogen-bond acceptors (Lipinski definition) is 2. The van der Waals surface area contributed by atoms with Crippen molar-refractivity contribution in [3.8, 4) is 0 Å². The van der Waals surface area contributed by atoms with Gasteiger partial charge < -0.3 is 10.2 Å². The molecule has 58 valence electrons. The first-order valence-corrected chi connectivity index (χ1v) is 3.28. The van der Waals surface area contributed by atoms with E-state index >= 15 is 0 Å². The Morgan fingerprint density at radius 2 is 2.30 bits per heavy atom. The van der Waals surface area contributed by atoms with Gasteiger partial charge in [-0.25, -0.2) is 4.79 Å². The van der Waals surface area contributed by atoms with Gasteiger partial charge in [-0.05, 0) is 6.42 Å². The predicted molar refractivity (Wildman–Crippen MR) is 38.3 cm³/mol. The summed E-state index contributed by atoms with van der Waals surface area (Å²) in [6.45, 7) is 1.74. The van der Waals surface area contributed by atoms with E-state index < -0.39 is 11.3 Å². The van der Waals surface area contributed by atoms with E-state index in [0.29, 0.717) is 12.7 Å². The standard InChI is InChI=1S/C6H9ClO3/c1-2-5(7)4(3-8)6(9)10/h3,5,8H,2H2,1H3,(H,9,10). The van der Waals surface area contributed by atoms with Gasteiger partial charge in [0, 0.05) is 0 Å². The van der Waals surface area contributed by atoms with Crippen molar-refractivity contribution in [3.63, 3.8) is 0 Å². The topological polar surface area (TPSA) is 57.5 Å². The number of aliphatic carboxylic acids is 1. The minimum atomic E-state index is -1.18. The summed E-state index contributed by atoms with van der Waals surface area (Å²) in [5.41, 5.74) is -0.163. The number of carboxylic acids is 1. The molecule has 0 aliphatic carbocycles. The largest absolute Gasteiger partial charge is 0.515 e. The van der Waals surface area contributed by atoms with Gasteiger partial charge >= 0.3 is 5.97 Å². The Balaban J connectivity index is 4.23. The summed E-state index contributed by atoms with van der Waals surface area (Å²) >= 11 is 5.52. The normalized spacial score (nSPS) is 14.8. The van der Waals surface area contributed by atoms with Crippen molar-refractivity contribution in [1.29, 1.82) is 0 Å². The molecule has 0 heterocycles. The molecule has 0 aromatic carbocycles. The van der Waals surface area contributed by atoms with Gasteiger partial charge in [-0.3, -0.25) is 0 Å². The molecule has 0 spiro atoms. The zero-order valence-electron chi connectivity index (χ0n) is 5.54. The quantitative estimate of drug-likeness (QED) is 0.378. The number of aliphatic hydroxyl groups is 1. The maximum Gasteiger partial charge on any atom is 0.336 e. The first-order valence-electron chi connectivity index (χ1n) is 2.85. The molecule has 0 aliphatic heterocycles. The number of rotatable bonds is 3. The summed E-state index contributed by atoms with van der Waals surface area (Å²) in [5.74, 6) is -1.18. The first kappa shape index (κ1) is 9.30. The molecule has 10 heavy (non-hydrogen) atoms. The van der Waals surface area contributed by atoms with E-state index in [-0.39, 0.29) is 5.57 Å². The third kappa shape index (κ3) is 2.27. The molecule has 0 radical (unpaired) electrons. The Hall–Kier alpha value is -0.700. The SMILES string of the molecule is CCC(Cl)C(=CO)C(=O)O. The van der Waals surface area contributed by atoms with Crippen molar-refractivity contribution in [2.24, 2.45) is 0 Å². The summed E-state index contributed by atoms with van der Waals surface area (Å²) in [6, 6.07) is 0. The summed E-state index contributed by atoms with van der Waals surface area (Å²) in [5, 5.41) is 16.1. The summed E-state index contributed by atoms with van der Waals surface area (Å²) in [7, 11) is 0. The number of hydrogen-bond donors (Lipinski definition) is 2. The average Bonchev–Trinajstić information content (AvgIpc) is 1.88. The van der Waals surface area contributed by atoms with Crippen LogP contribution in [0.4, 0.5) is 0 Å². The average molecular weight is 165 g/mol. The van der Waals surface area contributed by atoms with E-state index in [1.54, 1.807) is 6.92 Å². The lowest BCUT2D eigenvalue weighted by Crippen LogP contribution is -2.11. The molecule has 0 amide bonds. The lowest BCUT2D eigenvalue weighted by molar-refractivity contribution is -0.132. The van der Waals surface area contributed by atoms with Crippen molar-refractivity contribution in [2.45, 2.75) is 18.7 Å². The second kappa shape index (κ2) is 4.17. The highest BCUT2D eigenvalue weighted by molar-refractivity contribution is 6.25. The van der Waals surface area contributed by atoms with Crippen LogP contribution in [0.2, 0.25) is 0 Å². The van der Waals surface area contributed by atoms with Crippen LogP contribution in [-0.4, -0.2) is 21.6 Å². The van der Waals surface area contributed by atoms with E-state index in [2.05, 4.69) is 0 Å². The predicted octanol–water partition coefficient (Wildman–Crippen LogP) is 1.53. The third-order valence-corrected chi connectivity index (χ3v) is 1.63. The molecule has 0 saturated carbocycles. The van der Waals surface area contributed by atoms with Gasteiger partial charge in [0.25, 0.3) is 0 Å². The van der Waals surface area contributed by atoms with E-state index in [9.17, 15) is 4.79 Å².